The summed E-state index contributed by atoms with van der Waals surface area (Å²) in [5.41, 5.74) is 2.52. The predicted molar refractivity (Wildman–Crippen MR) is 61.8 cm³/mol. The van der Waals surface area contributed by atoms with Gasteiger partial charge in [-0.2, -0.15) is 0 Å². The molecule has 0 aliphatic heterocycles. The van der Waals surface area contributed by atoms with Crippen molar-refractivity contribution < 1.29 is 4.79 Å². The summed E-state index contributed by atoms with van der Waals surface area (Å²) in [7, 11) is 1.76. The minimum Gasteiger partial charge on any atom is -0.355 e. The van der Waals surface area contributed by atoms with Gasteiger partial charge in [-0.3, -0.25) is 4.79 Å². The molecule has 1 aromatic rings. The zero-order chi connectivity index (χ0) is 11.1. The van der Waals surface area contributed by atoms with Crippen LogP contribution >= 0.6 is 0 Å². The molecule has 1 rings (SSSR count). The van der Waals surface area contributed by atoms with Crippen molar-refractivity contribution in [2.45, 2.75) is 13.3 Å². The van der Waals surface area contributed by atoms with Gasteiger partial charge < -0.3 is 10.6 Å². The maximum Gasteiger partial charge on any atom is 0.233 e. The SMILES string of the molecule is CNCC(=O)NCCc1ccc(C)cc1. The number of hydrogen-bond acceptors (Lipinski definition) is 2. The van der Waals surface area contributed by atoms with Crippen molar-refractivity contribution in [3.8, 4) is 0 Å². The number of likely N-dealkylation sites (N-methyl/N-ethyl adjacent to an activating group) is 1. The lowest BCUT2D eigenvalue weighted by atomic mass is 10.1. The molecule has 0 spiro atoms. The first-order chi connectivity index (χ1) is 7.22. The molecule has 0 aromatic heterocycles. The molecule has 0 radical (unpaired) electrons. The van der Waals surface area contributed by atoms with Crippen LogP contribution in [0.3, 0.4) is 0 Å². The summed E-state index contributed by atoms with van der Waals surface area (Å²) in [4.78, 5) is 11.1. The van der Waals surface area contributed by atoms with Crippen LogP contribution in [-0.4, -0.2) is 26.0 Å². The number of rotatable bonds is 5. The fourth-order valence-electron chi connectivity index (χ4n) is 1.32. The number of nitrogens with one attached hydrogen (secondary N) is 2. The zero-order valence-electron chi connectivity index (χ0n) is 9.34. The van der Waals surface area contributed by atoms with Crippen LogP contribution in [0, 0.1) is 6.92 Å². The summed E-state index contributed by atoms with van der Waals surface area (Å²) in [6.07, 6.45) is 0.885. The topological polar surface area (TPSA) is 41.1 Å². The molecule has 2 N–H and O–H groups in total. The van der Waals surface area contributed by atoms with Gasteiger partial charge in [0, 0.05) is 6.54 Å². The van der Waals surface area contributed by atoms with Gasteiger partial charge in [0.25, 0.3) is 0 Å². The van der Waals surface area contributed by atoms with Gasteiger partial charge in [-0.15, -0.1) is 0 Å². The first-order valence-electron chi connectivity index (χ1n) is 5.19. The summed E-state index contributed by atoms with van der Waals surface area (Å²) < 4.78 is 0. The molecule has 3 nitrogen and oxygen atoms in total. The van der Waals surface area contributed by atoms with Crippen molar-refractivity contribution in [2.75, 3.05) is 20.1 Å². The number of carbonyl (C=O) groups is 1. The summed E-state index contributed by atoms with van der Waals surface area (Å²) >= 11 is 0. The Morgan fingerprint density at radius 2 is 1.93 bits per heavy atom. The third-order valence-corrected chi connectivity index (χ3v) is 2.19. The standard InChI is InChI=1S/C12H18N2O/c1-10-3-5-11(6-4-10)7-8-14-12(15)9-13-2/h3-6,13H,7-9H2,1-2H3,(H,14,15). The molecule has 0 bridgehead atoms. The lowest BCUT2D eigenvalue weighted by Crippen LogP contribution is -2.33. The fraction of sp³-hybridized carbons (Fsp3) is 0.417. The molecular formula is C12H18N2O. The van der Waals surface area contributed by atoms with Crippen LogP contribution in [0.4, 0.5) is 0 Å². The van der Waals surface area contributed by atoms with Crippen LogP contribution in [-0.2, 0) is 11.2 Å². The molecule has 82 valence electrons. The second-order valence-corrected chi connectivity index (χ2v) is 3.62. The molecular weight excluding hydrogens is 188 g/mol. The van der Waals surface area contributed by atoms with E-state index in [2.05, 4.69) is 41.8 Å². The Bertz CT molecular complexity index is 306. The molecule has 1 aromatic carbocycles. The molecule has 0 fully saturated rings. The first kappa shape index (κ1) is 11.7. The zero-order valence-corrected chi connectivity index (χ0v) is 9.34. The van der Waals surface area contributed by atoms with E-state index in [0.29, 0.717) is 13.1 Å². The number of aryl methyl sites for hydroxylation is 1. The minimum absolute atomic E-state index is 0.0459. The van der Waals surface area contributed by atoms with Crippen molar-refractivity contribution in [3.05, 3.63) is 35.4 Å². The Morgan fingerprint density at radius 1 is 1.27 bits per heavy atom. The van der Waals surface area contributed by atoms with E-state index in [9.17, 15) is 4.79 Å². The Hall–Kier alpha value is -1.35. The monoisotopic (exact) mass is 206 g/mol. The maximum absolute atomic E-state index is 11.1. The number of amides is 1. The minimum atomic E-state index is 0.0459. The van der Waals surface area contributed by atoms with Gasteiger partial charge in [0.1, 0.15) is 0 Å². The quantitative estimate of drug-likeness (QED) is 0.750. The van der Waals surface area contributed by atoms with Crippen LogP contribution < -0.4 is 10.6 Å². The van der Waals surface area contributed by atoms with Gasteiger partial charge in [0.2, 0.25) is 5.91 Å². The fourth-order valence-corrected chi connectivity index (χ4v) is 1.32. The highest BCUT2D eigenvalue weighted by molar-refractivity contribution is 5.77. The van der Waals surface area contributed by atoms with Crippen molar-refractivity contribution in [1.29, 1.82) is 0 Å². The molecule has 3 heteroatoms. The average Bonchev–Trinajstić information content (AvgIpc) is 2.21. The number of hydrogen-bond donors (Lipinski definition) is 2. The number of benzene rings is 1. The normalized spacial score (nSPS) is 10.0. The third-order valence-electron chi connectivity index (χ3n) is 2.19. The van der Waals surface area contributed by atoms with Gasteiger partial charge in [0.05, 0.1) is 6.54 Å². The molecule has 0 saturated heterocycles. The van der Waals surface area contributed by atoms with Crippen LogP contribution in [0.15, 0.2) is 24.3 Å². The molecule has 0 heterocycles. The van der Waals surface area contributed by atoms with Crippen molar-refractivity contribution >= 4 is 5.91 Å². The lowest BCUT2D eigenvalue weighted by Gasteiger charge is -2.05. The van der Waals surface area contributed by atoms with Crippen LogP contribution in [0.25, 0.3) is 0 Å². The van der Waals surface area contributed by atoms with Gasteiger partial charge in [-0.1, -0.05) is 29.8 Å². The average molecular weight is 206 g/mol. The Labute approximate surface area is 90.9 Å². The molecule has 0 atom stereocenters. The van der Waals surface area contributed by atoms with Gasteiger partial charge in [0.15, 0.2) is 0 Å². The highest BCUT2D eigenvalue weighted by Crippen LogP contribution is 2.02. The summed E-state index contributed by atoms with van der Waals surface area (Å²) in [5.74, 6) is 0.0459. The number of carbonyl (C=O) groups excluding carboxylic acids is 1. The molecule has 0 aliphatic rings. The Kier molecular flexibility index (Phi) is 4.84. The van der Waals surface area contributed by atoms with E-state index in [1.165, 1.54) is 11.1 Å². The van der Waals surface area contributed by atoms with Crippen LogP contribution in [0.1, 0.15) is 11.1 Å². The van der Waals surface area contributed by atoms with E-state index in [-0.39, 0.29) is 5.91 Å². The predicted octanol–water partition coefficient (Wildman–Crippen LogP) is 0.873. The largest absolute Gasteiger partial charge is 0.355 e. The van der Waals surface area contributed by atoms with Gasteiger partial charge in [-0.25, -0.2) is 0 Å². The summed E-state index contributed by atoms with van der Waals surface area (Å²) in [5, 5.41) is 5.66. The second kappa shape index (κ2) is 6.19. The van der Waals surface area contributed by atoms with E-state index in [4.69, 9.17) is 0 Å². The Morgan fingerprint density at radius 3 is 2.53 bits per heavy atom. The summed E-state index contributed by atoms with van der Waals surface area (Å²) in [6.45, 7) is 3.15. The maximum atomic E-state index is 11.1. The summed E-state index contributed by atoms with van der Waals surface area (Å²) in [6, 6.07) is 8.37. The van der Waals surface area contributed by atoms with Crippen molar-refractivity contribution in [2.24, 2.45) is 0 Å². The smallest absolute Gasteiger partial charge is 0.233 e. The second-order valence-electron chi connectivity index (χ2n) is 3.62. The van der Waals surface area contributed by atoms with E-state index >= 15 is 0 Å². The molecule has 0 unspecified atom stereocenters. The Balaban J connectivity index is 2.26. The van der Waals surface area contributed by atoms with Crippen LogP contribution in [0.5, 0.6) is 0 Å². The molecule has 1 amide bonds. The van der Waals surface area contributed by atoms with Gasteiger partial charge >= 0.3 is 0 Å². The van der Waals surface area contributed by atoms with Crippen molar-refractivity contribution in [1.82, 2.24) is 10.6 Å². The molecule has 0 aliphatic carbocycles. The molecule has 0 saturated carbocycles. The first-order valence-corrected chi connectivity index (χ1v) is 5.19. The molecule has 15 heavy (non-hydrogen) atoms. The van der Waals surface area contributed by atoms with E-state index < -0.39 is 0 Å². The lowest BCUT2D eigenvalue weighted by molar-refractivity contribution is -0.120. The van der Waals surface area contributed by atoms with Gasteiger partial charge in [-0.05, 0) is 26.0 Å². The van der Waals surface area contributed by atoms with E-state index in [1.807, 2.05) is 0 Å². The third kappa shape index (κ3) is 4.61. The highest BCUT2D eigenvalue weighted by atomic mass is 16.1. The van der Waals surface area contributed by atoms with E-state index in [0.717, 1.165) is 6.42 Å². The van der Waals surface area contributed by atoms with E-state index in [1.54, 1.807) is 7.05 Å². The van der Waals surface area contributed by atoms with Crippen LogP contribution in [0.2, 0.25) is 0 Å². The highest BCUT2D eigenvalue weighted by Gasteiger charge is 1.98. The van der Waals surface area contributed by atoms with Crippen molar-refractivity contribution in [3.63, 3.8) is 0 Å².